The summed E-state index contributed by atoms with van der Waals surface area (Å²) in [7, 11) is 0. The average Bonchev–Trinajstić information content (AvgIpc) is 2.60. The highest BCUT2D eigenvalue weighted by Crippen LogP contribution is 2.18. The molecule has 2 aromatic rings. The monoisotopic (exact) mass is 328 g/mol. The van der Waals surface area contributed by atoms with Crippen LogP contribution in [-0.4, -0.2) is 38.1 Å². The Morgan fingerprint density at radius 1 is 1.00 bits per heavy atom. The highest BCUT2D eigenvalue weighted by molar-refractivity contribution is 5.91. The van der Waals surface area contributed by atoms with E-state index in [2.05, 4.69) is 10.6 Å². The standard InChI is InChI=1S/C19H24N2O3/c1-2-24-12-6-11-20-19(23)14-21-18(22)13-16-9-5-8-15-7-3-4-10-17(15)16/h3-5,7-10H,2,6,11-14H2,1H3,(H,20,23)(H,21,22). The van der Waals surface area contributed by atoms with Crippen LogP contribution >= 0.6 is 0 Å². The van der Waals surface area contributed by atoms with Crippen LogP contribution in [0.2, 0.25) is 0 Å². The summed E-state index contributed by atoms with van der Waals surface area (Å²) >= 11 is 0. The predicted octanol–water partition coefficient (Wildman–Crippen LogP) is 2.04. The van der Waals surface area contributed by atoms with E-state index >= 15 is 0 Å². The van der Waals surface area contributed by atoms with Crippen LogP contribution in [0.4, 0.5) is 0 Å². The lowest BCUT2D eigenvalue weighted by Crippen LogP contribution is -2.38. The first kappa shape index (κ1) is 17.9. The van der Waals surface area contributed by atoms with Crippen molar-refractivity contribution < 1.29 is 14.3 Å². The molecule has 5 heteroatoms. The lowest BCUT2D eigenvalue weighted by atomic mass is 10.0. The summed E-state index contributed by atoms with van der Waals surface area (Å²) in [6.45, 7) is 3.79. The smallest absolute Gasteiger partial charge is 0.239 e. The molecule has 0 atom stereocenters. The lowest BCUT2D eigenvalue weighted by molar-refractivity contribution is -0.125. The Labute approximate surface area is 142 Å². The van der Waals surface area contributed by atoms with Crippen LogP contribution in [-0.2, 0) is 20.7 Å². The summed E-state index contributed by atoms with van der Waals surface area (Å²) in [6.07, 6.45) is 1.03. The van der Waals surface area contributed by atoms with Gasteiger partial charge in [-0.05, 0) is 29.7 Å². The van der Waals surface area contributed by atoms with Gasteiger partial charge in [0.25, 0.3) is 0 Å². The van der Waals surface area contributed by atoms with Gasteiger partial charge in [-0.25, -0.2) is 0 Å². The van der Waals surface area contributed by atoms with E-state index in [1.165, 1.54) is 0 Å². The molecule has 0 aromatic heterocycles. The van der Waals surface area contributed by atoms with Gasteiger partial charge in [-0.3, -0.25) is 9.59 Å². The molecule has 128 valence electrons. The second-order valence-electron chi connectivity index (χ2n) is 5.49. The Balaban J connectivity index is 1.76. The van der Waals surface area contributed by atoms with Gasteiger partial charge >= 0.3 is 0 Å². The van der Waals surface area contributed by atoms with Crippen molar-refractivity contribution in [3.8, 4) is 0 Å². The molecular formula is C19H24N2O3. The number of nitrogens with one attached hydrogen (secondary N) is 2. The highest BCUT2D eigenvalue weighted by atomic mass is 16.5. The number of carbonyl (C=O) groups is 2. The molecule has 2 amide bonds. The zero-order valence-corrected chi connectivity index (χ0v) is 14.0. The molecule has 0 saturated heterocycles. The summed E-state index contributed by atoms with van der Waals surface area (Å²) in [4.78, 5) is 23.7. The van der Waals surface area contributed by atoms with E-state index in [0.29, 0.717) is 19.8 Å². The van der Waals surface area contributed by atoms with Crippen molar-refractivity contribution in [1.29, 1.82) is 0 Å². The Morgan fingerprint density at radius 2 is 1.79 bits per heavy atom. The third kappa shape index (κ3) is 5.66. The summed E-state index contributed by atoms with van der Waals surface area (Å²) in [5.41, 5.74) is 0.961. The van der Waals surface area contributed by atoms with E-state index in [9.17, 15) is 9.59 Å². The topological polar surface area (TPSA) is 67.4 Å². The molecule has 0 bridgehead atoms. The Kier molecular flexibility index (Phi) is 7.23. The number of ether oxygens (including phenoxy) is 1. The van der Waals surface area contributed by atoms with Gasteiger partial charge in [-0.1, -0.05) is 42.5 Å². The van der Waals surface area contributed by atoms with Crippen molar-refractivity contribution in [3.63, 3.8) is 0 Å². The van der Waals surface area contributed by atoms with Gasteiger partial charge in [0.05, 0.1) is 13.0 Å². The first-order valence-electron chi connectivity index (χ1n) is 8.28. The molecule has 0 aliphatic heterocycles. The molecule has 2 aromatic carbocycles. The van der Waals surface area contributed by atoms with Crippen molar-refractivity contribution in [2.45, 2.75) is 19.8 Å². The van der Waals surface area contributed by atoms with Gasteiger partial charge < -0.3 is 15.4 Å². The first-order chi connectivity index (χ1) is 11.7. The first-order valence-corrected chi connectivity index (χ1v) is 8.28. The molecule has 0 unspecified atom stereocenters. The minimum absolute atomic E-state index is 0.00175. The largest absolute Gasteiger partial charge is 0.382 e. The zero-order valence-electron chi connectivity index (χ0n) is 14.0. The summed E-state index contributed by atoms with van der Waals surface area (Å²) in [5, 5.41) is 7.59. The van der Waals surface area contributed by atoms with Crippen molar-refractivity contribution >= 4 is 22.6 Å². The molecular weight excluding hydrogens is 304 g/mol. The van der Waals surface area contributed by atoms with E-state index in [-0.39, 0.29) is 24.8 Å². The van der Waals surface area contributed by atoms with Crippen molar-refractivity contribution in [3.05, 3.63) is 48.0 Å². The molecule has 2 rings (SSSR count). The Hall–Kier alpha value is -2.40. The van der Waals surface area contributed by atoms with Crippen LogP contribution in [0.15, 0.2) is 42.5 Å². The van der Waals surface area contributed by atoms with Gasteiger partial charge in [0.2, 0.25) is 11.8 Å². The molecule has 0 spiro atoms. The Morgan fingerprint density at radius 3 is 2.62 bits per heavy atom. The molecule has 0 aliphatic rings. The second kappa shape index (κ2) is 9.67. The minimum atomic E-state index is -0.183. The quantitative estimate of drug-likeness (QED) is 0.692. The maximum Gasteiger partial charge on any atom is 0.239 e. The summed E-state index contributed by atoms with van der Waals surface area (Å²) in [6, 6.07) is 13.9. The van der Waals surface area contributed by atoms with Gasteiger partial charge in [-0.2, -0.15) is 0 Å². The van der Waals surface area contributed by atoms with Crippen LogP contribution in [0.1, 0.15) is 18.9 Å². The number of amides is 2. The van der Waals surface area contributed by atoms with Crippen LogP contribution < -0.4 is 10.6 Å². The minimum Gasteiger partial charge on any atom is -0.382 e. The molecule has 0 radical (unpaired) electrons. The average molecular weight is 328 g/mol. The normalized spacial score (nSPS) is 10.5. The predicted molar refractivity (Wildman–Crippen MR) is 94.8 cm³/mol. The fourth-order valence-corrected chi connectivity index (χ4v) is 2.47. The fourth-order valence-electron chi connectivity index (χ4n) is 2.47. The maximum atomic E-state index is 12.1. The molecule has 0 fully saturated rings. The number of hydrogen-bond acceptors (Lipinski definition) is 3. The molecule has 24 heavy (non-hydrogen) atoms. The van der Waals surface area contributed by atoms with Gasteiger partial charge in [0, 0.05) is 19.8 Å². The number of hydrogen-bond donors (Lipinski definition) is 2. The highest BCUT2D eigenvalue weighted by Gasteiger charge is 2.08. The number of carbonyl (C=O) groups excluding carboxylic acids is 2. The molecule has 5 nitrogen and oxygen atoms in total. The second-order valence-corrected chi connectivity index (χ2v) is 5.49. The zero-order chi connectivity index (χ0) is 17.2. The van der Waals surface area contributed by atoms with E-state index in [4.69, 9.17) is 4.74 Å². The van der Waals surface area contributed by atoms with Crippen molar-refractivity contribution in [2.75, 3.05) is 26.3 Å². The van der Waals surface area contributed by atoms with Gasteiger partial charge in [0.1, 0.15) is 0 Å². The van der Waals surface area contributed by atoms with E-state index in [0.717, 1.165) is 22.8 Å². The molecule has 0 saturated carbocycles. The van der Waals surface area contributed by atoms with Crippen LogP contribution in [0.5, 0.6) is 0 Å². The van der Waals surface area contributed by atoms with Crippen molar-refractivity contribution in [2.24, 2.45) is 0 Å². The van der Waals surface area contributed by atoms with E-state index < -0.39 is 0 Å². The van der Waals surface area contributed by atoms with Gasteiger partial charge in [-0.15, -0.1) is 0 Å². The van der Waals surface area contributed by atoms with E-state index in [1.54, 1.807) is 0 Å². The molecule has 0 heterocycles. The number of rotatable bonds is 9. The van der Waals surface area contributed by atoms with E-state index in [1.807, 2.05) is 49.4 Å². The lowest BCUT2D eigenvalue weighted by Gasteiger charge is -2.09. The van der Waals surface area contributed by atoms with Crippen molar-refractivity contribution in [1.82, 2.24) is 10.6 Å². The number of benzene rings is 2. The summed E-state index contributed by atoms with van der Waals surface area (Å²) in [5.74, 6) is -0.339. The Bertz CT molecular complexity index is 680. The number of fused-ring (bicyclic) bond motifs is 1. The SMILES string of the molecule is CCOCCCNC(=O)CNC(=O)Cc1cccc2ccccc12. The molecule has 0 aliphatic carbocycles. The maximum absolute atomic E-state index is 12.1. The summed E-state index contributed by atoms with van der Waals surface area (Å²) < 4.78 is 5.19. The van der Waals surface area contributed by atoms with Crippen LogP contribution in [0.3, 0.4) is 0 Å². The van der Waals surface area contributed by atoms with Crippen LogP contribution in [0.25, 0.3) is 10.8 Å². The van der Waals surface area contributed by atoms with Gasteiger partial charge in [0.15, 0.2) is 0 Å². The van der Waals surface area contributed by atoms with Crippen LogP contribution in [0, 0.1) is 0 Å². The molecule has 2 N–H and O–H groups in total. The fraction of sp³-hybridized carbons (Fsp3) is 0.368. The third-order valence-electron chi connectivity index (χ3n) is 3.67. The third-order valence-corrected chi connectivity index (χ3v) is 3.67.